The number of carbonyl (C=O) groups excluding carboxylic acids is 2. The number of methoxy groups -OCH3 is 3. The number of nitriles is 1. The highest BCUT2D eigenvalue weighted by atomic mass is 16.6. The van der Waals surface area contributed by atoms with Gasteiger partial charge in [0.05, 0.1) is 33.3 Å². The van der Waals surface area contributed by atoms with Crippen molar-refractivity contribution in [2.45, 2.75) is 45.3 Å². The molecule has 9 nitrogen and oxygen atoms in total. The topological polar surface area (TPSA) is 110 Å². The Bertz CT molecular complexity index is 818. The van der Waals surface area contributed by atoms with Crippen LogP contribution in [-0.4, -0.2) is 56.9 Å². The number of amides is 2. The van der Waals surface area contributed by atoms with Crippen LogP contribution in [0.1, 0.15) is 45.2 Å². The van der Waals surface area contributed by atoms with Crippen molar-refractivity contribution < 1.29 is 28.5 Å². The van der Waals surface area contributed by atoms with E-state index in [4.69, 9.17) is 18.9 Å². The van der Waals surface area contributed by atoms with Gasteiger partial charge in [-0.1, -0.05) is 0 Å². The van der Waals surface area contributed by atoms with Crippen LogP contribution in [0.3, 0.4) is 0 Å². The summed E-state index contributed by atoms with van der Waals surface area (Å²) in [4.78, 5) is 26.8. The van der Waals surface area contributed by atoms with Crippen molar-refractivity contribution in [1.29, 1.82) is 5.26 Å². The summed E-state index contributed by atoms with van der Waals surface area (Å²) >= 11 is 0. The van der Waals surface area contributed by atoms with Gasteiger partial charge in [0.2, 0.25) is 11.7 Å². The fourth-order valence-corrected chi connectivity index (χ4v) is 3.40. The van der Waals surface area contributed by atoms with E-state index in [1.807, 2.05) is 0 Å². The lowest BCUT2D eigenvalue weighted by Crippen LogP contribution is -2.47. The molecule has 1 aromatic carbocycles. The number of piperidine rings is 1. The summed E-state index contributed by atoms with van der Waals surface area (Å²) in [5.74, 6) is 0.449. The van der Waals surface area contributed by atoms with Crippen molar-refractivity contribution in [1.82, 2.24) is 10.2 Å². The molecule has 0 radical (unpaired) electrons. The quantitative estimate of drug-likeness (QED) is 0.734. The van der Waals surface area contributed by atoms with E-state index in [-0.39, 0.29) is 12.5 Å². The lowest BCUT2D eigenvalue weighted by Gasteiger charge is -2.33. The molecule has 1 heterocycles. The van der Waals surface area contributed by atoms with E-state index in [0.29, 0.717) is 42.2 Å². The third-order valence-electron chi connectivity index (χ3n) is 4.88. The first-order valence-electron chi connectivity index (χ1n) is 10.1. The average Bonchev–Trinajstić information content (AvgIpc) is 2.75. The highest BCUT2D eigenvalue weighted by Crippen LogP contribution is 2.39. The number of hydrogen-bond donors (Lipinski definition) is 1. The number of ether oxygens (including phenoxy) is 4. The predicted octanol–water partition coefficient (Wildman–Crippen LogP) is 3.04. The molecule has 2 atom stereocenters. The monoisotopic (exact) mass is 433 g/mol. The fraction of sp³-hybridized carbons (Fsp3) is 0.591. The Hall–Kier alpha value is -3.15. The zero-order valence-corrected chi connectivity index (χ0v) is 19.0. The molecule has 0 aromatic heterocycles. The van der Waals surface area contributed by atoms with Crippen LogP contribution in [0, 0.1) is 17.2 Å². The van der Waals surface area contributed by atoms with Crippen molar-refractivity contribution in [3.8, 4) is 23.3 Å². The van der Waals surface area contributed by atoms with Gasteiger partial charge in [-0.3, -0.25) is 4.79 Å². The van der Waals surface area contributed by atoms with Crippen LogP contribution in [0.25, 0.3) is 0 Å². The number of rotatable bonds is 6. The molecule has 31 heavy (non-hydrogen) atoms. The molecule has 0 spiro atoms. The van der Waals surface area contributed by atoms with Crippen LogP contribution in [0.15, 0.2) is 12.1 Å². The summed E-state index contributed by atoms with van der Waals surface area (Å²) in [5.41, 5.74) is -0.102. The minimum Gasteiger partial charge on any atom is -0.493 e. The molecule has 1 aliphatic heterocycles. The normalized spacial score (nSPS) is 17.2. The molecule has 1 N–H and O–H groups in total. The molecule has 0 aliphatic carbocycles. The van der Waals surface area contributed by atoms with Gasteiger partial charge < -0.3 is 29.2 Å². The van der Waals surface area contributed by atoms with Gasteiger partial charge in [0.25, 0.3) is 0 Å². The van der Waals surface area contributed by atoms with Gasteiger partial charge in [-0.25, -0.2) is 4.79 Å². The SMILES string of the molecule is COc1cc(C(C#N)NC(=O)C2CCCN(C(=O)OC(C)(C)C)C2)cc(OC)c1OC. The maximum absolute atomic E-state index is 12.9. The zero-order chi connectivity index (χ0) is 23.2. The summed E-state index contributed by atoms with van der Waals surface area (Å²) in [7, 11) is 4.45. The Labute approximate surface area is 183 Å². The number of benzene rings is 1. The van der Waals surface area contributed by atoms with Crippen LogP contribution in [0.5, 0.6) is 17.2 Å². The van der Waals surface area contributed by atoms with Gasteiger partial charge in [0.15, 0.2) is 11.5 Å². The van der Waals surface area contributed by atoms with Crippen LogP contribution in [-0.2, 0) is 9.53 Å². The number of hydrogen-bond acceptors (Lipinski definition) is 7. The van der Waals surface area contributed by atoms with Gasteiger partial charge >= 0.3 is 6.09 Å². The summed E-state index contributed by atoms with van der Waals surface area (Å²) in [6.07, 6.45) is 0.864. The molecule has 1 fully saturated rings. The minimum atomic E-state index is -0.918. The van der Waals surface area contributed by atoms with E-state index in [9.17, 15) is 14.9 Å². The summed E-state index contributed by atoms with van der Waals surface area (Å²) < 4.78 is 21.4. The standard InChI is InChI=1S/C22H31N3O6/c1-22(2,3)31-21(27)25-9-7-8-14(13-25)20(26)24-16(12-23)15-10-17(28-4)19(30-6)18(11-15)29-5/h10-11,14,16H,7-9,13H2,1-6H3,(H,24,26). The maximum atomic E-state index is 12.9. The highest BCUT2D eigenvalue weighted by Gasteiger charge is 2.32. The number of nitrogens with zero attached hydrogens (tertiary/aromatic N) is 2. The minimum absolute atomic E-state index is 0.244. The van der Waals surface area contributed by atoms with Gasteiger partial charge in [-0.05, 0) is 51.3 Å². The van der Waals surface area contributed by atoms with E-state index in [1.165, 1.54) is 21.3 Å². The van der Waals surface area contributed by atoms with Crippen LogP contribution < -0.4 is 19.5 Å². The van der Waals surface area contributed by atoms with Gasteiger partial charge in [0, 0.05) is 13.1 Å². The first-order chi connectivity index (χ1) is 14.6. The van der Waals surface area contributed by atoms with Gasteiger partial charge in [0.1, 0.15) is 11.6 Å². The molecule has 1 saturated heterocycles. The number of carbonyl (C=O) groups is 2. The van der Waals surface area contributed by atoms with E-state index in [0.717, 1.165) is 0 Å². The second-order valence-electron chi connectivity index (χ2n) is 8.29. The maximum Gasteiger partial charge on any atom is 0.410 e. The summed E-state index contributed by atoms with van der Waals surface area (Å²) in [6.45, 7) is 6.18. The average molecular weight is 434 g/mol. The zero-order valence-electron chi connectivity index (χ0n) is 19.0. The number of likely N-dealkylation sites (tertiary alicyclic amines) is 1. The highest BCUT2D eigenvalue weighted by molar-refractivity contribution is 5.81. The van der Waals surface area contributed by atoms with Crippen molar-refractivity contribution in [3.05, 3.63) is 17.7 Å². The molecule has 170 valence electrons. The first kappa shape index (κ1) is 24.1. The van der Waals surface area contributed by atoms with Crippen LogP contribution in [0.4, 0.5) is 4.79 Å². The molecule has 0 saturated carbocycles. The van der Waals surface area contributed by atoms with E-state index >= 15 is 0 Å². The molecule has 9 heteroatoms. The Morgan fingerprint density at radius 2 is 1.77 bits per heavy atom. The second kappa shape index (κ2) is 10.2. The fourth-order valence-electron chi connectivity index (χ4n) is 3.40. The third-order valence-corrected chi connectivity index (χ3v) is 4.88. The smallest absolute Gasteiger partial charge is 0.410 e. The molecule has 1 aliphatic rings. The van der Waals surface area contributed by atoms with E-state index < -0.39 is 23.7 Å². The summed E-state index contributed by atoms with van der Waals surface area (Å²) in [5, 5.41) is 12.5. The van der Waals surface area contributed by atoms with Gasteiger partial charge in [-0.2, -0.15) is 5.26 Å². The molecule has 2 unspecified atom stereocenters. The van der Waals surface area contributed by atoms with Crippen molar-refractivity contribution in [2.24, 2.45) is 5.92 Å². The Balaban J connectivity index is 2.14. The number of nitrogens with one attached hydrogen (secondary N) is 1. The molecule has 2 amide bonds. The third kappa shape index (κ3) is 6.17. The molecular weight excluding hydrogens is 402 g/mol. The Kier molecular flexibility index (Phi) is 7.97. The van der Waals surface area contributed by atoms with E-state index in [2.05, 4.69) is 11.4 Å². The first-order valence-corrected chi connectivity index (χ1v) is 10.1. The van der Waals surface area contributed by atoms with Crippen molar-refractivity contribution >= 4 is 12.0 Å². The molecule has 2 rings (SSSR count). The second-order valence-corrected chi connectivity index (χ2v) is 8.29. The van der Waals surface area contributed by atoms with Gasteiger partial charge in [-0.15, -0.1) is 0 Å². The van der Waals surface area contributed by atoms with Crippen LogP contribution >= 0.6 is 0 Å². The Morgan fingerprint density at radius 1 is 1.16 bits per heavy atom. The molecule has 1 aromatic rings. The van der Waals surface area contributed by atoms with E-state index in [1.54, 1.807) is 37.8 Å². The van der Waals surface area contributed by atoms with Crippen molar-refractivity contribution in [2.75, 3.05) is 34.4 Å². The summed E-state index contributed by atoms with van der Waals surface area (Å²) in [6, 6.07) is 4.44. The lowest BCUT2D eigenvalue weighted by atomic mass is 9.96. The lowest BCUT2D eigenvalue weighted by molar-refractivity contribution is -0.127. The van der Waals surface area contributed by atoms with Crippen LogP contribution in [0.2, 0.25) is 0 Å². The largest absolute Gasteiger partial charge is 0.493 e. The van der Waals surface area contributed by atoms with Crippen molar-refractivity contribution in [3.63, 3.8) is 0 Å². The molecular formula is C22H31N3O6. The Morgan fingerprint density at radius 3 is 2.26 bits per heavy atom. The predicted molar refractivity (Wildman–Crippen MR) is 113 cm³/mol. The molecule has 0 bridgehead atoms.